The van der Waals surface area contributed by atoms with Gasteiger partial charge in [0.15, 0.2) is 0 Å². The minimum Gasteiger partial charge on any atom is -0.327 e. The quantitative estimate of drug-likeness (QED) is 0.629. The van der Waals surface area contributed by atoms with Gasteiger partial charge in [0.2, 0.25) is 5.91 Å². The third-order valence-electron chi connectivity index (χ3n) is 2.92. The van der Waals surface area contributed by atoms with E-state index in [1.807, 2.05) is 6.92 Å². The monoisotopic (exact) mass is 265 g/mol. The van der Waals surface area contributed by atoms with E-state index < -0.39 is 4.92 Å². The molecule has 6 nitrogen and oxygen atoms in total. The molecule has 0 radical (unpaired) electrons. The van der Waals surface area contributed by atoms with Crippen LogP contribution in [-0.2, 0) is 4.79 Å². The summed E-state index contributed by atoms with van der Waals surface area (Å²) in [6.07, 6.45) is 2.02. The fourth-order valence-electron chi connectivity index (χ4n) is 1.78. The molecule has 1 atom stereocenters. The maximum Gasteiger partial charge on any atom is 0.269 e. The topological polar surface area (TPSA) is 89.5 Å². The first-order valence-corrected chi connectivity index (χ1v) is 6.22. The molecule has 6 heteroatoms. The Bertz CT molecular complexity index is 445. The van der Waals surface area contributed by atoms with Gasteiger partial charge in [-0.3, -0.25) is 14.9 Å². The van der Waals surface area contributed by atoms with Crippen LogP contribution >= 0.6 is 0 Å². The van der Waals surface area contributed by atoms with Crippen molar-refractivity contribution >= 4 is 17.3 Å². The highest BCUT2D eigenvalue weighted by Crippen LogP contribution is 2.19. The molecule has 1 aromatic carbocycles. The average Bonchev–Trinajstić information content (AvgIpc) is 2.38. The number of nitrogens with zero attached hydrogens (tertiary/aromatic N) is 2. The summed E-state index contributed by atoms with van der Waals surface area (Å²) in [4.78, 5) is 23.5. The zero-order chi connectivity index (χ0) is 14.4. The number of hydrogen-bond donors (Lipinski definition) is 1. The van der Waals surface area contributed by atoms with Crippen molar-refractivity contribution in [3.05, 3.63) is 34.4 Å². The highest BCUT2D eigenvalue weighted by molar-refractivity contribution is 5.93. The Hall–Kier alpha value is -1.95. The Kier molecular flexibility index (Phi) is 5.44. The number of nitro groups is 1. The highest BCUT2D eigenvalue weighted by atomic mass is 16.6. The summed E-state index contributed by atoms with van der Waals surface area (Å²) in [5.41, 5.74) is 6.46. The summed E-state index contributed by atoms with van der Waals surface area (Å²) in [7, 11) is 1.64. The molecule has 104 valence electrons. The Morgan fingerprint density at radius 1 is 1.42 bits per heavy atom. The van der Waals surface area contributed by atoms with Crippen molar-refractivity contribution in [2.75, 3.05) is 11.9 Å². The van der Waals surface area contributed by atoms with Gasteiger partial charge in [0, 0.05) is 37.3 Å². The van der Waals surface area contributed by atoms with Gasteiger partial charge in [-0.1, -0.05) is 13.3 Å². The molecule has 1 rings (SSSR count). The molecule has 0 saturated heterocycles. The van der Waals surface area contributed by atoms with Gasteiger partial charge in [-0.25, -0.2) is 0 Å². The van der Waals surface area contributed by atoms with E-state index in [0.717, 1.165) is 12.8 Å². The first-order chi connectivity index (χ1) is 8.95. The molecule has 0 aliphatic rings. The SMILES string of the molecule is CCCC(N)CC(=O)N(C)c1ccc([N+](=O)[O-])cc1. The summed E-state index contributed by atoms with van der Waals surface area (Å²) in [5.74, 6) is -0.0881. The number of amides is 1. The van der Waals surface area contributed by atoms with Crippen LogP contribution in [0.3, 0.4) is 0 Å². The Morgan fingerprint density at radius 3 is 2.47 bits per heavy atom. The molecule has 0 aliphatic carbocycles. The third-order valence-corrected chi connectivity index (χ3v) is 2.92. The van der Waals surface area contributed by atoms with Crippen LogP contribution < -0.4 is 10.6 Å². The molecule has 0 heterocycles. The molecule has 2 N–H and O–H groups in total. The summed E-state index contributed by atoms with van der Waals surface area (Å²) in [6, 6.07) is 5.73. The highest BCUT2D eigenvalue weighted by Gasteiger charge is 2.15. The van der Waals surface area contributed by atoms with E-state index in [0.29, 0.717) is 5.69 Å². The molecule has 0 aliphatic heterocycles. The number of nitrogens with two attached hydrogens (primary N) is 1. The molecular weight excluding hydrogens is 246 g/mol. The Labute approximate surface area is 112 Å². The minimum absolute atomic E-state index is 0.00674. The Morgan fingerprint density at radius 2 is 2.00 bits per heavy atom. The third kappa shape index (κ3) is 4.33. The second-order valence-electron chi connectivity index (χ2n) is 4.48. The fourth-order valence-corrected chi connectivity index (χ4v) is 1.78. The van der Waals surface area contributed by atoms with Crippen LogP contribution in [0.4, 0.5) is 11.4 Å². The molecule has 0 bridgehead atoms. The van der Waals surface area contributed by atoms with Crippen LogP contribution in [0.25, 0.3) is 0 Å². The van der Waals surface area contributed by atoms with Crippen LogP contribution in [0.5, 0.6) is 0 Å². The minimum atomic E-state index is -0.469. The number of rotatable bonds is 6. The maximum absolute atomic E-state index is 12.0. The number of non-ortho nitro benzene ring substituents is 1. The normalized spacial score (nSPS) is 11.9. The van der Waals surface area contributed by atoms with Gasteiger partial charge in [0.05, 0.1) is 4.92 Å². The van der Waals surface area contributed by atoms with Crippen LogP contribution in [0.15, 0.2) is 24.3 Å². The summed E-state index contributed by atoms with van der Waals surface area (Å²) < 4.78 is 0. The summed E-state index contributed by atoms with van der Waals surface area (Å²) in [6.45, 7) is 2.02. The number of nitro benzene ring substituents is 1. The van der Waals surface area contributed by atoms with Gasteiger partial charge in [0.25, 0.3) is 5.69 Å². The first-order valence-electron chi connectivity index (χ1n) is 6.22. The number of carbonyl (C=O) groups is 1. The lowest BCUT2D eigenvalue weighted by molar-refractivity contribution is -0.384. The van der Waals surface area contributed by atoms with E-state index in [1.165, 1.54) is 17.0 Å². The van der Waals surface area contributed by atoms with E-state index in [2.05, 4.69) is 0 Å². The molecule has 0 spiro atoms. The molecule has 1 amide bonds. The van der Waals surface area contributed by atoms with Crippen molar-refractivity contribution < 1.29 is 9.72 Å². The van der Waals surface area contributed by atoms with Crippen LogP contribution in [0.1, 0.15) is 26.2 Å². The van der Waals surface area contributed by atoms with Crippen LogP contribution in [-0.4, -0.2) is 23.9 Å². The van der Waals surface area contributed by atoms with E-state index in [-0.39, 0.29) is 24.1 Å². The van der Waals surface area contributed by atoms with Gasteiger partial charge in [-0.2, -0.15) is 0 Å². The average molecular weight is 265 g/mol. The van der Waals surface area contributed by atoms with E-state index in [4.69, 9.17) is 5.73 Å². The second-order valence-corrected chi connectivity index (χ2v) is 4.48. The number of hydrogen-bond acceptors (Lipinski definition) is 4. The predicted octanol–water partition coefficient (Wildman–Crippen LogP) is 2.08. The van der Waals surface area contributed by atoms with E-state index in [9.17, 15) is 14.9 Å². The molecule has 0 fully saturated rings. The molecule has 0 saturated carbocycles. The van der Waals surface area contributed by atoms with Crippen molar-refractivity contribution in [2.45, 2.75) is 32.2 Å². The molecule has 1 aromatic rings. The van der Waals surface area contributed by atoms with Crippen molar-refractivity contribution in [1.82, 2.24) is 0 Å². The van der Waals surface area contributed by atoms with Crippen LogP contribution in [0, 0.1) is 10.1 Å². The van der Waals surface area contributed by atoms with Crippen molar-refractivity contribution in [1.29, 1.82) is 0 Å². The standard InChI is InChI=1S/C13H19N3O3/c1-3-4-10(14)9-13(17)15(2)11-5-7-12(8-6-11)16(18)19/h5-8,10H,3-4,9,14H2,1-2H3. The fraction of sp³-hybridized carbons (Fsp3) is 0.462. The van der Waals surface area contributed by atoms with Crippen LogP contribution in [0.2, 0.25) is 0 Å². The lowest BCUT2D eigenvalue weighted by atomic mass is 10.1. The molecule has 1 unspecified atom stereocenters. The zero-order valence-electron chi connectivity index (χ0n) is 11.2. The van der Waals surface area contributed by atoms with Crippen molar-refractivity contribution in [3.63, 3.8) is 0 Å². The van der Waals surface area contributed by atoms with Gasteiger partial charge < -0.3 is 10.6 Å². The molecule has 0 aromatic heterocycles. The number of carbonyl (C=O) groups excluding carboxylic acids is 1. The number of anilines is 1. The van der Waals surface area contributed by atoms with Gasteiger partial charge in [0.1, 0.15) is 0 Å². The lowest BCUT2D eigenvalue weighted by Crippen LogP contribution is -2.33. The van der Waals surface area contributed by atoms with E-state index >= 15 is 0 Å². The predicted molar refractivity (Wildman–Crippen MR) is 74.0 cm³/mol. The molecule has 19 heavy (non-hydrogen) atoms. The van der Waals surface area contributed by atoms with E-state index in [1.54, 1.807) is 19.2 Å². The smallest absolute Gasteiger partial charge is 0.269 e. The maximum atomic E-state index is 12.0. The summed E-state index contributed by atoms with van der Waals surface area (Å²) in [5, 5.41) is 10.5. The zero-order valence-corrected chi connectivity index (χ0v) is 11.2. The van der Waals surface area contributed by atoms with Gasteiger partial charge >= 0.3 is 0 Å². The summed E-state index contributed by atoms with van der Waals surface area (Å²) >= 11 is 0. The largest absolute Gasteiger partial charge is 0.327 e. The first kappa shape index (κ1) is 15.1. The lowest BCUT2D eigenvalue weighted by Gasteiger charge is -2.19. The number of benzene rings is 1. The second kappa shape index (κ2) is 6.84. The Balaban J connectivity index is 2.68. The van der Waals surface area contributed by atoms with Gasteiger partial charge in [-0.15, -0.1) is 0 Å². The van der Waals surface area contributed by atoms with Crippen molar-refractivity contribution in [3.8, 4) is 0 Å². The van der Waals surface area contributed by atoms with Crippen molar-refractivity contribution in [2.24, 2.45) is 5.73 Å². The molecular formula is C13H19N3O3. The van der Waals surface area contributed by atoms with Gasteiger partial charge in [-0.05, 0) is 18.6 Å².